The van der Waals surface area contributed by atoms with Crippen LogP contribution in [0.1, 0.15) is 11.3 Å². The summed E-state index contributed by atoms with van der Waals surface area (Å²) in [5, 5.41) is 13.3. The molecule has 0 saturated carbocycles. The highest BCUT2D eigenvalue weighted by molar-refractivity contribution is 5.93. The van der Waals surface area contributed by atoms with Crippen LogP contribution in [0.4, 0.5) is 11.5 Å². The molecule has 5 nitrogen and oxygen atoms in total. The van der Waals surface area contributed by atoms with Crippen molar-refractivity contribution in [3.05, 3.63) is 72.2 Å². The first kappa shape index (κ1) is 15.9. The molecular weight excluding hydrogens is 326 g/mol. The van der Waals surface area contributed by atoms with Gasteiger partial charge in [0.15, 0.2) is 0 Å². The van der Waals surface area contributed by atoms with Gasteiger partial charge in [-0.25, -0.2) is 9.97 Å². The summed E-state index contributed by atoms with van der Waals surface area (Å²) in [6.45, 7) is -0.130. The van der Waals surface area contributed by atoms with Crippen molar-refractivity contribution in [2.45, 2.75) is 6.61 Å². The normalized spacial score (nSPS) is 10.6. The lowest BCUT2D eigenvalue weighted by molar-refractivity contribution is 0.248. The van der Waals surface area contributed by atoms with E-state index in [0.717, 1.165) is 27.7 Å². The van der Waals surface area contributed by atoms with Crippen LogP contribution in [0.15, 0.2) is 65.3 Å². The molecule has 0 fully saturated rings. The van der Waals surface area contributed by atoms with Gasteiger partial charge in [0.2, 0.25) is 0 Å². The second kappa shape index (κ2) is 6.71. The molecule has 0 unspecified atom stereocenters. The number of furan rings is 1. The van der Waals surface area contributed by atoms with Gasteiger partial charge in [-0.15, -0.1) is 6.42 Å². The predicted molar refractivity (Wildman–Crippen MR) is 101 cm³/mol. The lowest BCUT2D eigenvalue weighted by atomic mass is 10.1. The third-order valence-corrected chi connectivity index (χ3v) is 4.03. The number of anilines is 2. The molecule has 0 aliphatic carbocycles. The Kier molecular flexibility index (Phi) is 4.10. The highest BCUT2D eigenvalue weighted by Gasteiger charge is 2.09. The van der Waals surface area contributed by atoms with Crippen LogP contribution in [0.3, 0.4) is 0 Å². The van der Waals surface area contributed by atoms with Crippen LogP contribution >= 0.6 is 0 Å². The van der Waals surface area contributed by atoms with Crippen molar-refractivity contribution >= 4 is 22.4 Å². The van der Waals surface area contributed by atoms with Crippen molar-refractivity contribution < 1.29 is 9.52 Å². The Morgan fingerprint density at radius 2 is 2.00 bits per heavy atom. The van der Waals surface area contributed by atoms with E-state index < -0.39 is 0 Å². The van der Waals surface area contributed by atoms with E-state index in [2.05, 4.69) is 21.2 Å². The van der Waals surface area contributed by atoms with Gasteiger partial charge in [0.25, 0.3) is 0 Å². The van der Waals surface area contributed by atoms with E-state index >= 15 is 0 Å². The number of aromatic nitrogens is 2. The first-order chi connectivity index (χ1) is 12.8. The van der Waals surface area contributed by atoms with E-state index in [0.29, 0.717) is 17.3 Å². The van der Waals surface area contributed by atoms with Crippen LogP contribution in [-0.4, -0.2) is 15.1 Å². The molecule has 0 spiro atoms. The van der Waals surface area contributed by atoms with Gasteiger partial charge in [-0.1, -0.05) is 12.0 Å². The molecule has 0 radical (unpaired) electrons. The van der Waals surface area contributed by atoms with Crippen molar-refractivity contribution in [2.24, 2.45) is 0 Å². The number of terminal acetylenes is 1. The van der Waals surface area contributed by atoms with E-state index in [1.165, 1.54) is 6.33 Å². The molecule has 4 aromatic rings. The Hall–Kier alpha value is -3.62. The van der Waals surface area contributed by atoms with Crippen molar-refractivity contribution in [2.75, 3.05) is 5.32 Å². The van der Waals surface area contributed by atoms with E-state index in [4.69, 9.17) is 10.8 Å². The summed E-state index contributed by atoms with van der Waals surface area (Å²) in [4.78, 5) is 8.69. The number of fused-ring (bicyclic) bond motifs is 1. The minimum Gasteiger partial charge on any atom is -0.459 e. The van der Waals surface area contributed by atoms with Crippen LogP contribution in [-0.2, 0) is 6.61 Å². The molecule has 0 bridgehead atoms. The minimum absolute atomic E-state index is 0.130. The number of benzene rings is 2. The highest BCUT2D eigenvalue weighted by atomic mass is 16.4. The van der Waals surface area contributed by atoms with Crippen LogP contribution in [0.25, 0.3) is 22.2 Å². The molecule has 0 saturated heterocycles. The van der Waals surface area contributed by atoms with Crippen LogP contribution in [0.2, 0.25) is 0 Å². The SMILES string of the molecule is C#Cc1cccc(Nc2ncnc3ccc(-c4ccc(CO)o4)cc23)c1. The minimum atomic E-state index is -0.130. The number of rotatable bonds is 4. The van der Waals surface area contributed by atoms with E-state index in [1.807, 2.05) is 48.5 Å². The molecule has 2 aromatic heterocycles. The fraction of sp³-hybridized carbons (Fsp3) is 0.0476. The molecule has 5 heteroatoms. The van der Waals surface area contributed by atoms with E-state index in [-0.39, 0.29) is 6.61 Å². The Bertz CT molecular complexity index is 1130. The second-order valence-corrected chi connectivity index (χ2v) is 5.73. The molecule has 0 amide bonds. The van der Waals surface area contributed by atoms with Crippen LogP contribution in [0, 0.1) is 12.3 Å². The number of nitrogens with zero attached hydrogens (tertiary/aromatic N) is 2. The summed E-state index contributed by atoms with van der Waals surface area (Å²) in [6, 6.07) is 17.0. The van der Waals surface area contributed by atoms with Gasteiger partial charge in [0, 0.05) is 22.2 Å². The Labute approximate surface area is 150 Å². The molecule has 26 heavy (non-hydrogen) atoms. The summed E-state index contributed by atoms with van der Waals surface area (Å²) >= 11 is 0. The lowest BCUT2D eigenvalue weighted by Crippen LogP contribution is -1.96. The third kappa shape index (κ3) is 3.02. The molecule has 0 atom stereocenters. The van der Waals surface area contributed by atoms with Crippen LogP contribution in [0.5, 0.6) is 0 Å². The summed E-state index contributed by atoms with van der Waals surface area (Å²) in [5.74, 6) is 4.51. The summed E-state index contributed by atoms with van der Waals surface area (Å²) < 4.78 is 5.62. The summed E-state index contributed by atoms with van der Waals surface area (Å²) in [6.07, 6.45) is 6.99. The average molecular weight is 341 g/mol. The maximum Gasteiger partial charge on any atom is 0.141 e. The fourth-order valence-corrected chi connectivity index (χ4v) is 2.75. The van der Waals surface area contributed by atoms with E-state index in [1.54, 1.807) is 6.07 Å². The van der Waals surface area contributed by atoms with Crippen molar-refractivity contribution in [3.8, 4) is 23.7 Å². The standard InChI is InChI=1S/C21H15N3O2/c1-2-14-4-3-5-16(10-14)24-21-18-11-15(6-8-19(18)22-13-23-21)20-9-7-17(12-25)26-20/h1,3-11,13,25H,12H2,(H,22,23,24). The van der Waals surface area contributed by atoms with Crippen molar-refractivity contribution in [3.63, 3.8) is 0 Å². The maximum absolute atomic E-state index is 9.18. The fourth-order valence-electron chi connectivity index (χ4n) is 2.75. The smallest absolute Gasteiger partial charge is 0.141 e. The highest BCUT2D eigenvalue weighted by Crippen LogP contribution is 2.29. The number of aliphatic hydroxyl groups excluding tert-OH is 1. The monoisotopic (exact) mass is 341 g/mol. The quantitative estimate of drug-likeness (QED) is 0.547. The first-order valence-electron chi connectivity index (χ1n) is 8.05. The summed E-state index contributed by atoms with van der Waals surface area (Å²) in [7, 11) is 0. The van der Waals surface area contributed by atoms with Crippen LogP contribution < -0.4 is 5.32 Å². The zero-order valence-electron chi connectivity index (χ0n) is 13.8. The predicted octanol–water partition coefficient (Wildman–Crippen LogP) is 4.11. The van der Waals surface area contributed by atoms with Gasteiger partial charge >= 0.3 is 0 Å². The van der Waals surface area contributed by atoms with Gasteiger partial charge < -0.3 is 14.8 Å². The topological polar surface area (TPSA) is 71.2 Å². The average Bonchev–Trinajstić information content (AvgIpc) is 3.17. The molecule has 0 aliphatic heterocycles. The number of hydrogen-bond acceptors (Lipinski definition) is 5. The number of nitrogens with one attached hydrogen (secondary N) is 1. The molecular formula is C21H15N3O2. The number of hydrogen-bond donors (Lipinski definition) is 2. The zero-order valence-corrected chi connectivity index (χ0v) is 13.8. The maximum atomic E-state index is 9.18. The van der Waals surface area contributed by atoms with Crippen molar-refractivity contribution in [1.82, 2.24) is 9.97 Å². The van der Waals surface area contributed by atoms with Gasteiger partial charge in [0.05, 0.1) is 5.52 Å². The van der Waals surface area contributed by atoms with E-state index in [9.17, 15) is 5.11 Å². The molecule has 2 N–H and O–H groups in total. The van der Waals surface area contributed by atoms with Gasteiger partial charge in [-0.2, -0.15) is 0 Å². The zero-order chi connectivity index (χ0) is 17.9. The lowest BCUT2D eigenvalue weighted by Gasteiger charge is -2.09. The molecule has 126 valence electrons. The molecule has 4 rings (SSSR count). The van der Waals surface area contributed by atoms with Gasteiger partial charge in [-0.05, 0) is 48.5 Å². The Balaban J connectivity index is 1.77. The third-order valence-electron chi connectivity index (χ3n) is 4.03. The summed E-state index contributed by atoms with van der Waals surface area (Å²) in [5.41, 5.74) is 3.34. The molecule has 2 heterocycles. The first-order valence-corrected chi connectivity index (χ1v) is 8.05. The Morgan fingerprint density at radius 1 is 1.08 bits per heavy atom. The molecule has 0 aliphatic rings. The number of aliphatic hydroxyl groups is 1. The second-order valence-electron chi connectivity index (χ2n) is 5.73. The van der Waals surface area contributed by atoms with Gasteiger partial charge in [-0.3, -0.25) is 0 Å². The Morgan fingerprint density at radius 3 is 2.81 bits per heavy atom. The largest absolute Gasteiger partial charge is 0.459 e. The van der Waals surface area contributed by atoms with Crippen molar-refractivity contribution in [1.29, 1.82) is 0 Å². The molecule has 2 aromatic carbocycles. The van der Waals surface area contributed by atoms with Gasteiger partial charge in [0.1, 0.15) is 30.3 Å².